The highest BCUT2D eigenvalue weighted by molar-refractivity contribution is 5.88. The smallest absolute Gasteiger partial charge is 0.187 e. The Hall–Kier alpha value is -2.08. The molecule has 19 heavy (non-hydrogen) atoms. The van der Waals surface area contributed by atoms with Crippen LogP contribution in [0.25, 0.3) is 15.7 Å². The maximum atomic E-state index is 11.2. The molecule has 1 fully saturated rings. The fourth-order valence-electron chi connectivity index (χ4n) is 3.31. The minimum atomic E-state index is 0.141. The predicted octanol–water partition coefficient (Wildman–Crippen LogP) is 3.81. The van der Waals surface area contributed by atoms with Crippen molar-refractivity contribution in [3.05, 3.63) is 41.4 Å². The van der Waals surface area contributed by atoms with E-state index >= 15 is 0 Å². The molecule has 0 amide bonds. The summed E-state index contributed by atoms with van der Waals surface area (Å²) in [4.78, 5) is 14.7. The van der Waals surface area contributed by atoms with Gasteiger partial charge in [-0.15, -0.1) is 0 Å². The van der Waals surface area contributed by atoms with Crippen LogP contribution in [0.5, 0.6) is 0 Å². The zero-order chi connectivity index (χ0) is 13.4. The van der Waals surface area contributed by atoms with E-state index in [2.05, 4.69) is 15.6 Å². The summed E-state index contributed by atoms with van der Waals surface area (Å²) in [5.74, 6) is 0.462. The molecule has 0 saturated heterocycles. The van der Waals surface area contributed by atoms with E-state index in [9.17, 15) is 4.79 Å². The summed E-state index contributed by atoms with van der Waals surface area (Å²) < 4.78 is 2.10. The number of carbonyl (C=O) groups is 1. The minimum Gasteiger partial charge on any atom is -0.350 e. The van der Waals surface area contributed by atoms with Gasteiger partial charge in [0, 0.05) is 24.7 Å². The van der Waals surface area contributed by atoms with Gasteiger partial charge in [-0.05, 0) is 41.8 Å². The molecule has 2 aromatic rings. The quantitative estimate of drug-likeness (QED) is 0.589. The van der Waals surface area contributed by atoms with Crippen LogP contribution >= 0.6 is 0 Å². The van der Waals surface area contributed by atoms with Crippen molar-refractivity contribution in [3.63, 3.8) is 0 Å². The van der Waals surface area contributed by atoms with Gasteiger partial charge in [-0.2, -0.15) is 0 Å². The third-order valence-corrected chi connectivity index (χ3v) is 4.28. The van der Waals surface area contributed by atoms with Crippen LogP contribution < -0.4 is 0 Å². The first-order chi connectivity index (χ1) is 9.24. The molecular formula is C16H16N2O. The van der Waals surface area contributed by atoms with Gasteiger partial charge < -0.3 is 9.36 Å². The van der Waals surface area contributed by atoms with Crippen molar-refractivity contribution in [2.45, 2.75) is 25.2 Å². The molecule has 0 bridgehead atoms. The Morgan fingerprint density at radius 2 is 2.26 bits per heavy atom. The van der Waals surface area contributed by atoms with Gasteiger partial charge in [-0.25, -0.2) is 4.85 Å². The number of rotatable bonds is 2. The van der Waals surface area contributed by atoms with E-state index in [1.807, 2.05) is 25.2 Å². The maximum absolute atomic E-state index is 11.2. The first-order valence-corrected chi connectivity index (χ1v) is 6.66. The molecule has 3 nitrogen and oxygen atoms in total. The zero-order valence-electron chi connectivity index (χ0n) is 11.0. The van der Waals surface area contributed by atoms with E-state index in [1.165, 1.54) is 5.56 Å². The SMILES string of the molecule is [C-]#[N+]c1ccc2c(c1)c(C1CCCC1C=O)cn2C. The number of fused-ring (bicyclic) bond motifs is 1. The average Bonchev–Trinajstić information content (AvgIpc) is 3.02. The Balaban J connectivity index is 2.18. The van der Waals surface area contributed by atoms with Gasteiger partial charge in [0.15, 0.2) is 5.69 Å². The van der Waals surface area contributed by atoms with Crippen LogP contribution in [0.2, 0.25) is 0 Å². The molecule has 2 unspecified atom stereocenters. The molecule has 0 spiro atoms. The lowest BCUT2D eigenvalue weighted by atomic mass is 9.89. The monoisotopic (exact) mass is 252 g/mol. The summed E-state index contributed by atoms with van der Waals surface area (Å²) in [6, 6.07) is 5.81. The summed E-state index contributed by atoms with van der Waals surface area (Å²) in [5, 5.41) is 1.13. The van der Waals surface area contributed by atoms with Gasteiger partial charge in [0.2, 0.25) is 0 Å². The Morgan fingerprint density at radius 1 is 1.42 bits per heavy atom. The van der Waals surface area contributed by atoms with Gasteiger partial charge in [-0.3, -0.25) is 0 Å². The third-order valence-electron chi connectivity index (χ3n) is 4.28. The minimum absolute atomic E-state index is 0.141. The highest BCUT2D eigenvalue weighted by Gasteiger charge is 2.30. The van der Waals surface area contributed by atoms with Crippen molar-refractivity contribution in [2.75, 3.05) is 0 Å². The van der Waals surface area contributed by atoms with E-state index in [-0.39, 0.29) is 5.92 Å². The molecule has 0 N–H and O–H groups in total. The molecule has 1 aromatic heterocycles. The Bertz CT molecular complexity index is 678. The molecule has 96 valence electrons. The van der Waals surface area contributed by atoms with Crippen LogP contribution in [0.15, 0.2) is 24.4 Å². The summed E-state index contributed by atoms with van der Waals surface area (Å²) in [6.45, 7) is 7.14. The molecule has 0 aliphatic heterocycles. The van der Waals surface area contributed by atoms with Crippen LogP contribution in [0, 0.1) is 12.5 Å². The van der Waals surface area contributed by atoms with E-state index in [0.717, 1.165) is 36.5 Å². The molecule has 1 saturated carbocycles. The number of nitrogens with zero attached hydrogens (tertiary/aromatic N) is 2. The number of aromatic nitrogens is 1. The highest BCUT2D eigenvalue weighted by atomic mass is 16.1. The van der Waals surface area contributed by atoms with Crippen molar-refractivity contribution in [3.8, 4) is 0 Å². The van der Waals surface area contributed by atoms with E-state index in [4.69, 9.17) is 6.57 Å². The lowest BCUT2D eigenvalue weighted by molar-refractivity contribution is -0.111. The number of carbonyl (C=O) groups excluding carboxylic acids is 1. The zero-order valence-corrected chi connectivity index (χ0v) is 11.0. The van der Waals surface area contributed by atoms with Crippen molar-refractivity contribution in [1.82, 2.24) is 4.57 Å². The maximum Gasteiger partial charge on any atom is 0.187 e. The first-order valence-electron chi connectivity index (χ1n) is 6.66. The van der Waals surface area contributed by atoms with Gasteiger partial charge in [0.25, 0.3) is 0 Å². The van der Waals surface area contributed by atoms with E-state index in [0.29, 0.717) is 11.6 Å². The fraction of sp³-hybridized carbons (Fsp3) is 0.375. The Kier molecular flexibility index (Phi) is 2.87. The predicted molar refractivity (Wildman–Crippen MR) is 75.3 cm³/mol. The van der Waals surface area contributed by atoms with Crippen LogP contribution in [-0.4, -0.2) is 10.9 Å². The molecule has 1 aliphatic carbocycles. The van der Waals surface area contributed by atoms with Crippen LogP contribution in [0.4, 0.5) is 5.69 Å². The molecule has 3 heteroatoms. The van der Waals surface area contributed by atoms with Gasteiger partial charge >= 0.3 is 0 Å². The number of benzene rings is 1. The second kappa shape index (κ2) is 4.55. The number of aldehydes is 1. The summed E-state index contributed by atoms with van der Waals surface area (Å²) >= 11 is 0. The largest absolute Gasteiger partial charge is 0.350 e. The number of hydrogen-bond acceptors (Lipinski definition) is 1. The van der Waals surface area contributed by atoms with E-state index in [1.54, 1.807) is 0 Å². The molecule has 1 aliphatic rings. The van der Waals surface area contributed by atoms with Crippen molar-refractivity contribution in [1.29, 1.82) is 0 Å². The number of aryl methyl sites for hydroxylation is 1. The van der Waals surface area contributed by atoms with Crippen LogP contribution in [0.3, 0.4) is 0 Å². The fourth-order valence-corrected chi connectivity index (χ4v) is 3.31. The molecule has 1 aromatic carbocycles. The van der Waals surface area contributed by atoms with Gasteiger partial charge in [0.05, 0.1) is 6.57 Å². The second-order valence-electron chi connectivity index (χ2n) is 5.35. The summed E-state index contributed by atoms with van der Waals surface area (Å²) in [7, 11) is 2.02. The lowest BCUT2D eigenvalue weighted by Gasteiger charge is -2.13. The normalized spacial score (nSPS) is 22.5. The molecule has 1 heterocycles. The van der Waals surface area contributed by atoms with Crippen LogP contribution in [-0.2, 0) is 11.8 Å². The Labute approximate surface area is 112 Å². The van der Waals surface area contributed by atoms with E-state index < -0.39 is 0 Å². The first kappa shape index (κ1) is 12.0. The lowest BCUT2D eigenvalue weighted by Crippen LogP contribution is -2.06. The van der Waals surface area contributed by atoms with Gasteiger partial charge in [-0.1, -0.05) is 12.5 Å². The summed E-state index contributed by atoms with van der Waals surface area (Å²) in [6.07, 6.45) is 6.42. The van der Waals surface area contributed by atoms with Crippen LogP contribution in [0.1, 0.15) is 30.7 Å². The second-order valence-corrected chi connectivity index (χ2v) is 5.35. The average molecular weight is 252 g/mol. The van der Waals surface area contributed by atoms with Crippen molar-refractivity contribution >= 4 is 22.9 Å². The molecule has 0 radical (unpaired) electrons. The highest BCUT2D eigenvalue weighted by Crippen LogP contribution is 2.42. The standard InChI is InChI=1S/C16H16N2O/c1-17-12-6-7-16-14(8-12)15(9-18(16)2)13-5-3-4-11(13)10-19/h6-11,13H,3-5H2,2H3. The topological polar surface area (TPSA) is 26.4 Å². The third kappa shape index (κ3) is 1.84. The summed E-state index contributed by atoms with van der Waals surface area (Å²) in [5.41, 5.74) is 3.04. The number of hydrogen-bond donors (Lipinski definition) is 0. The molecule has 2 atom stereocenters. The van der Waals surface area contributed by atoms with Gasteiger partial charge in [0.1, 0.15) is 6.29 Å². The van der Waals surface area contributed by atoms with Crippen molar-refractivity contribution < 1.29 is 4.79 Å². The molecule has 3 rings (SSSR count). The van der Waals surface area contributed by atoms with Crippen molar-refractivity contribution in [2.24, 2.45) is 13.0 Å². The molecular weight excluding hydrogens is 236 g/mol. The Morgan fingerprint density at radius 3 is 3.00 bits per heavy atom.